The summed E-state index contributed by atoms with van der Waals surface area (Å²) >= 11 is 7.37. The van der Waals surface area contributed by atoms with E-state index >= 15 is 0 Å². The van der Waals surface area contributed by atoms with Crippen LogP contribution in [0.15, 0.2) is 47.8 Å². The average Bonchev–Trinajstić information content (AvgIpc) is 3.36. The van der Waals surface area contributed by atoms with Crippen molar-refractivity contribution in [3.63, 3.8) is 0 Å². The van der Waals surface area contributed by atoms with Crippen molar-refractivity contribution < 1.29 is 28.6 Å². The summed E-state index contributed by atoms with van der Waals surface area (Å²) in [5, 5.41) is 7.92. The van der Waals surface area contributed by atoms with Crippen molar-refractivity contribution >= 4 is 45.8 Å². The number of nitrogens with zero attached hydrogens (tertiary/aromatic N) is 2. The van der Waals surface area contributed by atoms with Crippen LogP contribution in [-0.4, -0.2) is 75.2 Å². The number of amides is 3. The minimum atomic E-state index is -0.424. The second-order valence-corrected chi connectivity index (χ2v) is 9.62. The van der Waals surface area contributed by atoms with Crippen molar-refractivity contribution in [2.75, 3.05) is 52.9 Å². The average molecular weight is 575 g/mol. The smallest absolute Gasteiger partial charge is 0.255 e. The van der Waals surface area contributed by atoms with Gasteiger partial charge in [-0.05, 0) is 36.2 Å². The van der Waals surface area contributed by atoms with Crippen molar-refractivity contribution in [3.05, 3.63) is 69.7 Å². The number of anilines is 1. The molecule has 0 aliphatic rings. The summed E-state index contributed by atoms with van der Waals surface area (Å²) in [6, 6.07) is 12.3. The molecule has 0 bridgehead atoms. The van der Waals surface area contributed by atoms with E-state index in [0.717, 1.165) is 5.56 Å². The first-order valence-corrected chi connectivity index (χ1v) is 13.3. The van der Waals surface area contributed by atoms with Gasteiger partial charge in [-0.15, -0.1) is 11.3 Å². The second-order valence-electron chi connectivity index (χ2n) is 8.36. The highest BCUT2D eigenvalue weighted by Crippen LogP contribution is 2.27. The first-order chi connectivity index (χ1) is 18.8. The lowest BCUT2D eigenvalue weighted by Crippen LogP contribution is -2.40. The van der Waals surface area contributed by atoms with Gasteiger partial charge in [-0.3, -0.25) is 14.4 Å². The molecule has 39 heavy (non-hydrogen) atoms. The van der Waals surface area contributed by atoms with E-state index in [0.29, 0.717) is 45.9 Å². The summed E-state index contributed by atoms with van der Waals surface area (Å²) in [5.41, 5.74) is 1.83. The van der Waals surface area contributed by atoms with Gasteiger partial charge in [0.05, 0.1) is 43.5 Å². The normalized spacial score (nSPS) is 10.6. The van der Waals surface area contributed by atoms with Gasteiger partial charge in [-0.2, -0.15) is 0 Å². The Balaban J connectivity index is 1.49. The predicted octanol–water partition coefficient (Wildman–Crippen LogP) is 3.44. The molecule has 3 amide bonds. The Kier molecular flexibility index (Phi) is 11.5. The number of hydrogen-bond acceptors (Lipinski definition) is 8. The first-order valence-electron chi connectivity index (χ1n) is 12.1. The Morgan fingerprint density at radius 3 is 2.51 bits per heavy atom. The summed E-state index contributed by atoms with van der Waals surface area (Å²) < 4.78 is 15.6. The fourth-order valence-electron chi connectivity index (χ4n) is 3.65. The number of nitrogens with one attached hydrogen (secondary N) is 2. The van der Waals surface area contributed by atoms with Crippen LogP contribution in [0.25, 0.3) is 0 Å². The molecule has 0 fully saturated rings. The van der Waals surface area contributed by atoms with Crippen LogP contribution in [-0.2, 0) is 27.2 Å². The van der Waals surface area contributed by atoms with Gasteiger partial charge < -0.3 is 29.7 Å². The molecule has 2 N–H and O–H groups in total. The molecule has 0 saturated carbocycles. The molecule has 0 aliphatic carbocycles. The van der Waals surface area contributed by atoms with E-state index in [1.54, 1.807) is 43.9 Å². The lowest BCUT2D eigenvalue weighted by Gasteiger charge is -2.22. The maximum atomic E-state index is 13.0. The van der Waals surface area contributed by atoms with Crippen LogP contribution < -0.4 is 20.1 Å². The fourth-order valence-corrected chi connectivity index (χ4v) is 4.59. The molecule has 3 rings (SSSR count). The summed E-state index contributed by atoms with van der Waals surface area (Å²) in [7, 11) is 4.67. The quantitative estimate of drug-likeness (QED) is 0.303. The Morgan fingerprint density at radius 1 is 1.03 bits per heavy atom. The van der Waals surface area contributed by atoms with Crippen molar-refractivity contribution in [1.29, 1.82) is 0 Å². The highest BCUT2D eigenvalue weighted by Gasteiger charge is 2.21. The van der Waals surface area contributed by atoms with Gasteiger partial charge in [-0.1, -0.05) is 29.8 Å². The van der Waals surface area contributed by atoms with Crippen LogP contribution in [0.2, 0.25) is 5.02 Å². The SMILES string of the molecule is COCCN(CC(=O)Nc1nc(CC(=O)NCCc2ccc(OC)c(OC)c2)cs1)C(=O)c1ccccc1Cl. The number of ether oxygens (including phenoxy) is 3. The van der Waals surface area contributed by atoms with Gasteiger partial charge in [0.25, 0.3) is 5.91 Å². The third-order valence-electron chi connectivity index (χ3n) is 5.61. The van der Waals surface area contributed by atoms with Crippen LogP contribution >= 0.6 is 22.9 Å². The molecule has 0 radical (unpaired) electrons. The van der Waals surface area contributed by atoms with E-state index in [-0.39, 0.29) is 37.9 Å². The fraction of sp³-hybridized carbons (Fsp3) is 0.333. The molecule has 12 heteroatoms. The van der Waals surface area contributed by atoms with Gasteiger partial charge in [0.15, 0.2) is 16.6 Å². The summed E-state index contributed by atoms with van der Waals surface area (Å²) in [6.45, 7) is 0.699. The van der Waals surface area contributed by atoms with E-state index in [2.05, 4.69) is 15.6 Å². The number of methoxy groups -OCH3 is 3. The summed E-state index contributed by atoms with van der Waals surface area (Å²) in [5.74, 6) is 0.291. The predicted molar refractivity (Wildman–Crippen MR) is 150 cm³/mol. The molecule has 2 aromatic carbocycles. The lowest BCUT2D eigenvalue weighted by molar-refractivity contribution is -0.120. The molecule has 0 spiro atoms. The number of rotatable bonds is 14. The Labute approximate surface area is 236 Å². The monoisotopic (exact) mass is 574 g/mol. The van der Waals surface area contributed by atoms with Crippen molar-refractivity contribution in [3.8, 4) is 11.5 Å². The topological polar surface area (TPSA) is 119 Å². The molecule has 0 atom stereocenters. The number of halogens is 1. The molecule has 10 nitrogen and oxygen atoms in total. The molecule has 208 valence electrons. The zero-order chi connectivity index (χ0) is 28.2. The standard InChI is InChI=1S/C27H31ClN4O6S/c1-36-13-12-32(26(35)20-6-4-5-7-21(20)28)16-25(34)31-27-30-19(17-39-27)15-24(33)29-11-10-18-8-9-22(37-2)23(14-18)38-3/h4-9,14,17H,10-13,15-16H2,1-3H3,(H,29,33)(H,30,31,34). The van der Waals surface area contributed by atoms with Gasteiger partial charge in [0, 0.05) is 25.6 Å². The lowest BCUT2D eigenvalue weighted by atomic mass is 10.1. The number of thiazole rings is 1. The minimum Gasteiger partial charge on any atom is -0.493 e. The molecule has 0 saturated heterocycles. The number of carbonyl (C=O) groups excluding carboxylic acids is 3. The van der Waals surface area contributed by atoms with Crippen LogP contribution in [0.4, 0.5) is 5.13 Å². The second kappa shape index (κ2) is 15.1. The maximum absolute atomic E-state index is 13.0. The Bertz CT molecular complexity index is 1280. The maximum Gasteiger partial charge on any atom is 0.255 e. The van der Waals surface area contributed by atoms with Crippen LogP contribution in [0, 0.1) is 0 Å². The summed E-state index contributed by atoms with van der Waals surface area (Å²) in [4.78, 5) is 43.7. The minimum absolute atomic E-state index is 0.0727. The van der Waals surface area contributed by atoms with E-state index < -0.39 is 5.91 Å². The molecule has 1 heterocycles. The number of aromatic nitrogens is 1. The van der Waals surface area contributed by atoms with Gasteiger partial charge in [-0.25, -0.2) is 4.98 Å². The zero-order valence-electron chi connectivity index (χ0n) is 22.0. The van der Waals surface area contributed by atoms with Gasteiger partial charge in [0.1, 0.15) is 6.54 Å². The molecular formula is C27H31ClN4O6S. The third kappa shape index (κ3) is 8.95. The van der Waals surface area contributed by atoms with E-state index in [1.807, 2.05) is 18.2 Å². The molecule has 1 aromatic heterocycles. The zero-order valence-corrected chi connectivity index (χ0v) is 23.6. The number of carbonyl (C=O) groups is 3. The van der Waals surface area contributed by atoms with Crippen molar-refractivity contribution in [2.45, 2.75) is 12.8 Å². The number of hydrogen-bond donors (Lipinski definition) is 2. The third-order valence-corrected chi connectivity index (χ3v) is 6.75. The molecular weight excluding hydrogens is 544 g/mol. The van der Waals surface area contributed by atoms with Crippen molar-refractivity contribution in [1.82, 2.24) is 15.2 Å². The largest absolute Gasteiger partial charge is 0.493 e. The number of benzene rings is 2. The molecule has 0 aliphatic heterocycles. The van der Waals surface area contributed by atoms with Crippen LogP contribution in [0.5, 0.6) is 11.5 Å². The van der Waals surface area contributed by atoms with Crippen LogP contribution in [0.1, 0.15) is 21.6 Å². The highest BCUT2D eigenvalue weighted by atomic mass is 35.5. The van der Waals surface area contributed by atoms with Crippen LogP contribution in [0.3, 0.4) is 0 Å². The van der Waals surface area contributed by atoms with E-state index in [1.165, 1.54) is 23.3 Å². The van der Waals surface area contributed by atoms with Gasteiger partial charge >= 0.3 is 0 Å². The first kappa shape index (κ1) is 29.9. The summed E-state index contributed by atoms with van der Waals surface area (Å²) in [6.07, 6.45) is 0.695. The highest BCUT2D eigenvalue weighted by molar-refractivity contribution is 7.13. The molecule has 0 unspecified atom stereocenters. The van der Waals surface area contributed by atoms with Crippen molar-refractivity contribution in [2.24, 2.45) is 0 Å². The van der Waals surface area contributed by atoms with E-state index in [9.17, 15) is 14.4 Å². The molecule has 3 aromatic rings. The Morgan fingerprint density at radius 2 is 1.79 bits per heavy atom. The Hall–Kier alpha value is -3.67. The van der Waals surface area contributed by atoms with Gasteiger partial charge in [0.2, 0.25) is 11.8 Å². The van der Waals surface area contributed by atoms with E-state index in [4.69, 9.17) is 25.8 Å².